The number of halogens is 2. The van der Waals surface area contributed by atoms with Crippen molar-refractivity contribution in [2.45, 2.75) is 25.8 Å². The van der Waals surface area contributed by atoms with Crippen molar-refractivity contribution in [1.82, 2.24) is 5.32 Å². The summed E-state index contributed by atoms with van der Waals surface area (Å²) in [5, 5.41) is 4.33. The van der Waals surface area contributed by atoms with Gasteiger partial charge in [0.15, 0.2) is 0 Å². The van der Waals surface area contributed by atoms with Crippen LogP contribution in [-0.4, -0.2) is 12.6 Å². The number of hydrogen-bond acceptors (Lipinski definition) is 2. The Balaban J connectivity index is 2.03. The molecule has 0 aliphatic carbocycles. The number of benzene rings is 1. The average Bonchev–Trinajstić information content (AvgIpc) is 2.75. The van der Waals surface area contributed by atoms with E-state index in [1.54, 1.807) is 11.3 Å². The molecule has 102 valence electrons. The third kappa shape index (κ3) is 4.81. The summed E-state index contributed by atoms with van der Waals surface area (Å²) in [5.41, 5.74) is 1.26. The summed E-state index contributed by atoms with van der Waals surface area (Å²) in [5.74, 6) is 0. The molecule has 2 rings (SSSR count). The molecule has 1 atom stereocenters. The predicted octanol–water partition coefficient (Wildman–Crippen LogP) is 4.82. The first-order valence-electron chi connectivity index (χ1n) is 6.39. The second-order valence-electron chi connectivity index (χ2n) is 4.50. The van der Waals surface area contributed by atoms with E-state index >= 15 is 0 Å². The molecule has 0 aliphatic rings. The number of likely N-dealkylation sites (N-methyl/N-ethyl adjacent to an activating group) is 1. The molecule has 1 aromatic carbocycles. The van der Waals surface area contributed by atoms with Gasteiger partial charge in [-0.25, -0.2) is 0 Å². The third-order valence-corrected chi connectivity index (χ3v) is 4.43. The van der Waals surface area contributed by atoms with Crippen LogP contribution in [0.25, 0.3) is 0 Å². The van der Waals surface area contributed by atoms with Crippen LogP contribution in [0.2, 0.25) is 9.36 Å². The van der Waals surface area contributed by atoms with Gasteiger partial charge in [0.1, 0.15) is 0 Å². The number of rotatable bonds is 6. The first kappa shape index (κ1) is 14.9. The molecule has 1 N–H and O–H groups in total. The largest absolute Gasteiger partial charge is 0.314 e. The Kier molecular flexibility index (Phi) is 5.71. The Labute approximate surface area is 128 Å². The molecule has 0 radical (unpaired) electrons. The van der Waals surface area contributed by atoms with E-state index in [4.69, 9.17) is 23.2 Å². The molecular formula is C15H17Cl2NS. The van der Waals surface area contributed by atoms with E-state index in [0.717, 1.165) is 28.7 Å². The summed E-state index contributed by atoms with van der Waals surface area (Å²) in [7, 11) is 0. The van der Waals surface area contributed by atoms with Crippen LogP contribution in [0, 0.1) is 0 Å². The molecular weight excluding hydrogens is 297 g/mol. The van der Waals surface area contributed by atoms with Gasteiger partial charge in [0.2, 0.25) is 0 Å². The molecule has 0 spiro atoms. The van der Waals surface area contributed by atoms with Crippen LogP contribution in [0.3, 0.4) is 0 Å². The van der Waals surface area contributed by atoms with Crippen LogP contribution in [-0.2, 0) is 12.8 Å². The first-order chi connectivity index (χ1) is 9.17. The molecule has 1 heterocycles. The van der Waals surface area contributed by atoms with Crippen LogP contribution in [0.1, 0.15) is 17.4 Å². The van der Waals surface area contributed by atoms with E-state index in [2.05, 4.69) is 24.4 Å². The highest BCUT2D eigenvalue weighted by atomic mass is 35.5. The lowest BCUT2D eigenvalue weighted by molar-refractivity contribution is 0.524. The van der Waals surface area contributed by atoms with Crippen LogP contribution >= 0.6 is 34.5 Å². The van der Waals surface area contributed by atoms with Gasteiger partial charge in [0.05, 0.1) is 4.34 Å². The number of thiophene rings is 1. The fraction of sp³-hybridized carbons (Fsp3) is 0.333. The quantitative estimate of drug-likeness (QED) is 0.806. The lowest BCUT2D eigenvalue weighted by Gasteiger charge is -2.17. The minimum Gasteiger partial charge on any atom is -0.314 e. The summed E-state index contributed by atoms with van der Waals surface area (Å²) in [6, 6.07) is 12.6. The molecule has 1 aromatic heterocycles. The van der Waals surface area contributed by atoms with Crippen LogP contribution < -0.4 is 5.32 Å². The topological polar surface area (TPSA) is 12.0 Å². The van der Waals surface area contributed by atoms with Crippen LogP contribution in [0.15, 0.2) is 36.4 Å². The predicted molar refractivity (Wildman–Crippen MR) is 85.7 cm³/mol. The van der Waals surface area contributed by atoms with E-state index in [0.29, 0.717) is 6.04 Å². The van der Waals surface area contributed by atoms with E-state index in [9.17, 15) is 0 Å². The molecule has 1 unspecified atom stereocenters. The van der Waals surface area contributed by atoms with Gasteiger partial charge in [-0.05, 0) is 49.2 Å². The SMILES string of the molecule is CCNC(Cc1cccc(Cl)c1)Cc1ccc(Cl)s1. The fourth-order valence-electron chi connectivity index (χ4n) is 2.16. The fourth-order valence-corrected chi connectivity index (χ4v) is 3.54. The molecule has 0 fully saturated rings. The molecule has 0 saturated heterocycles. The van der Waals surface area contributed by atoms with Crippen LogP contribution in [0.5, 0.6) is 0 Å². The lowest BCUT2D eigenvalue weighted by atomic mass is 10.0. The van der Waals surface area contributed by atoms with Crippen molar-refractivity contribution in [1.29, 1.82) is 0 Å². The van der Waals surface area contributed by atoms with Gasteiger partial charge < -0.3 is 5.32 Å². The summed E-state index contributed by atoms with van der Waals surface area (Å²) in [6.07, 6.45) is 1.97. The highest BCUT2D eigenvalue weighted by Gasteiger charge is 2.11. The van der Waals surface area contributed by atoms with E-state index in [1.165, 1.54) is 10.4 Å². The average molecular weight is 314 g/mol. The molecule has 0 amide bonds. The van der Waals surface area contributed by atoms with Crippen molar-refractivity contribution in [2.24, 2.45) is 0 Å². The van der Waals surface area contributed by atoms with Crippen molar-refractivity contribution < 1.29 is 0 Å². The highest BCUT2D eigenvalue weighted by molar-refractivity contribution is 7.16. The van der Waals surface area contributed by atoms with Gasteiger partial charge in [0, 0.05) is 15.9 Å². The summed E-state index contributed by atoms with van der Waals surface area (Å²) in [6.45, 7) is 3.09. The maximum absolute atomic E-state index is 6.03. The van der Waals surface area contributed by atoms with E-state index in [1.807, 2.05) is 24.3 Å². The van der Waals surface area contributed by atoms with Gasteiger partial charge in [-0.15, -0.1) is 11.3 Å². The van der Waals surface area contributed by atoms with Crippen molar-refractivity contribution in [3.8, 4) is 0 Å². The number of nitrogens with one attached hydrogen (secondary N) is 1. The second kappa shape index (κ2) is 7.30. The standard InChI is InChI=1S/C15H17Cl2NS/c1-2-18-13(10-14-6-7-15(17)19-14)9-11-4-3-5-12(16)8-11/h3-8,13,18H,2,9-10H2,1H3. The molecule has 1 nitrogen and oxygen atoms in total. The Morgan fingerprint density at radius 3 is 2.63 bits per heavy atom. The monoisotopic (exact) mass is 313 g/mol. The van der Waals surface area contributed by atoms with E-state index in [-0.39, 0.29) is 0 Å². The Hall–Kier alpha value is -0.540. The molecule has 2 aromatic rings. The van der Waals surface area contributed by atoms with Crippen molar-refractivity contribution in [2.75, 3.05) is 6.54 Å². The minimum atomic E-state index is 0.415. The van der Waals surface area contributed by atoms with E-state index < -0.39 is 0 Å². The Morgan fingerprint density at radius 1 is 1.16 bits per heavy atom. The third-order valence-electron chi connectivity index (χ3n) is 2.94. The maximum Gasteiger partial charge on any atom is 0.0931 e. The van der Waals surface area contributed by atoms with Gasteiger partial charge in [0.25, 0.3) is 0 Å². The molecule has 19 heavy (non-hydrogen) atoms. The van der Waals surface area contributed by atoms with Gasteiger partial charge in [-0.2, -0.15) is 0 Å². The molecule has 0 aliphatic heterocycles. The first-order valence-corrected chi connectivity index (χ1v) is 7.96. The smallest absolute Gasteiger partial charge is 0.0931 e. The normalized spacial score (nSPS) is 12.6. The molecule has 0 bridgehead atoms. The van der Waals surface area contributed by atoms with Gasteiger partial charge >= 0.3 is 0 Å². The van der Waals surface area contributed by atoms with Crippen LogP contribution in [0.4, 0.5) is 0 Å². The van der Waals surface area contributed by atoms with Crippen molar-refractivity contribution >= 4 is 34.5 Å². The van der Waals surface area contributed by atoms with Crippen molar-refractivity contribution in [3.05, 3.63) is 56.2 Å². The zero-order chi connectivity index (χ0) is 13.7. The maximum atomic E-state index is 6.03. The highest BCUT2D eigenvalue weighted by Crippen LogP contribution is 2.23. The Morgan fingerprint density at radius 2 is 2.00 bits per heavy atom. The van der Waals surface area contributed by atoms with Gasteiger partial charge in [-0.1, -0.05) is 42.3 Å². The summed E-state index contributed by atoms with van der Waals surface area (Å²) >= 11 is 13.7. The molecule has 4 heteroatoms. The molecule has 0 saturated carbocycles. The minimum absolute atomic E-state index is 0.415. The lowest BCUT2D eigenvalue weighted by Crippen LogP contribution is -2.32. The number of hydrogen-bond donors (Lipinski definition) is 1. The summed E-state index contributed by atoms with van der Waals surface area (Å²) in [4.78, 5) is 1.32. The van der Waals surface area contributed by atoms with Crippen molar-refractivity contribution in [3.63, 3.8) is 0 Å². The Bertz CT molecular complexity index is 524. The zero-order valence-corrected chi connectivity index (χ0v) is 13.2. The van der Waals surface area contributed by atoms with Gasteiger partial charge in [-0.3, -0.25) is 0 Å². The zero-order valence-electron chi connectivity index (χ0n) is 10.8. The summed E-state index contributed by atoms with van der Waals surface area (Å²) < 4.78 is 0.855. The second-order valence-corrected chi connectivity index (χ2v) is 6.73.